The summed E-state index contributed by atoms with van der Waals surface area (Å²) in [6, 6.07) is 25.4. The lowest BCUT2D eigenvalue weighted by atomic mass is 10.1. The molecule has 4 aromatic rings. The lowest BCUT2D eigenvalue weighted by Crippen LogP contribution is -2.19. The van der Waals surface area contributed by atoms with Gasteiger partial charge in [0, 0.05) is 4.47 Å². The van der Waals surface area contributed by atoms with Gasteiger partial charge in [-0.3, -0.25) is 4.79 Å². The molecule has 1 aliphatic heterocycles. The number of methoxy groups -OCH3 is 2. The van der Waals surface area contributed by atoms with E-state index in [4.69, 9.17) is 14.2 Å². The largest absolute Gasteiger partial charge is 0.497 e. The number of hydrogen-bond acceptors (Lipinski definition) is 6. The van der Waals surface area contributed by atoms with Crippen LogP contribution in [-0.4, -0.2) is 25.3 Å². The van der Waals surface area contributed by atoms with Crippen LogP contribution in [-0.2, 0) is 11.4 Å². The number of carbonyl (C=O) groups excluding carboxylic acids is 1. The molecule has 0 spiro atoms. The number of thioether (sulfide) groups is 1. The van der Waals surface area contributed by atoms with E-state index in [1.807, 2.05) is 54.6 Å². The van der Waals surface area contributed by atoms with Crippen LogP contribution in [0, 0.1) is 0 Å². The summed E-state index contributed by atoms with van der Waals surface area (Å²) in [5, 5.41) is 5.65. The van der Waals surface area contributed by atoms with Crippen molar-refractivity contribution in [2.75, 3.05) is 14.2 Å². The molecule has 8 heteroatoms. The van der Waals surface area contributed by atoms with Crippen LogP contribution in [0.15, 0.2) is 93.2 Å². The first-order valence-corrected chi connectivity index (χ1v) is 13.1. The fourth-order valence-electron chi connectivity index (χ4n) is 3.90. The molecule has 186 valence electrons. The van der Waals surface area contributed by atoms with E-state index in [9.17, 15) is 4.79 Å². The molecular formula is C29H23BrN2O4S. The lowest BCUT2D eigenvalue weighted by Gasteiger charge is -2.14. The fourth-order valence-corrected chi connectivity index (χ4v) is 5.17. The number of nitrogens with zero attached hydrogens (tertiary/aromatic N) is 1. The minimum atomic E-state index is -0.209. The molecule has 37 heavy (non-hydrogen) atoms. The number of halogens is 1. The highest BCUT2D eigenvalue weighted by atomic mass is 79.9. The number of aliphatic imine (C=N–C) groups is 1. The van der Waals surface area contributed by atoms with Crippen LogP contribution in [0.2, 0.25) is 0 Å². The van der Waals surface area contributed by atoms with Crippen molar-refractivity contribution in [3.8, 4) is 17.2 Å². The maximum Gasteiger partial charge on any atom is 0.264 e. The zero-order chi connectivity index (χ0) is 25.8. The smallest absolute Gasteiger partial charge is 0.264 e. The summed E-state index contributed by atoms with van der Waals surface area (Å²) >= 11 is 4.90. The van der Waals surface area contributed by atoms with Gasteiger partial charge >= 0.3 is 0 Å². The summed E-state index contributed by atoms with van der Waals surface area (Å²) in [6.07, 6.45) is 1.80. The average molecular weight is 575 g/mol. The number of rotatable bonds is 7. The molecule has 0 unspecified atom stereocenters. The van der Waals surface area contributed by atoms with Crippen LogP contribution in [0.5, 0.6) is 17.2 Å². The second-order valence-electron chi connectivity index (χ2n) is 8.13. The average Bonchev–Trinajstić information content (AvgIpc) is 3.27. The summed E-state index contributed by atoms with van der Waals surface area (Å²) in [4.78, 5) is 17.6. The van der Waals surface area contributed by atoms with E-state index in [1.54, 1.807) is 20.3 Å². The van der Waals surface area contributed by atoms with Crippen molar-refractivity contribution >= 4 is 61.3 Å². The molecule has 1 aliphatic rings. The Morgan fingerprint density at radius 2 is 1.73 bits per heavy atom. The van der Waals surface area contributed by atoms with E-state index >= 15 is 0 Å². The number of carbonyl (C=O) groups is 1. The van der Waals surface area contributed by atoms with Gasteiger partial charge < -0.3 is 19.5 Å². The maximum absolute atomic E-state index is 12.6. The maximum atomic E-state index is 12.6. The Bertz CT molecular complexity index is 1530. The first-order chi connectivity index (χ1) is 18.0. The minimum absolute atomic E-state index is 0.209. The number of amidine groups is 1. The molecule has 0 bridgehead atoms. The fraction of sp³-hybridized carbons (Fsp3) is 0.103. The minimum Gasteiger partial charge on any atom is -0.497 e. The number of hydrogen-bond donors (Lipinski definition) is 1. The number of ether oxygens (including phenoxy) is 3. The normalized spacial score (nSPS) is 15.3. The molecule has 1 amide bonds. The van der Waals surface area contributed by atoms with E-state index in [0.717, 1.165) is 32.4 Å². The van der Waals surface area contributed by atoms with Crippen molar-refractivity contribution in [1.29, 1.82) is 0 Å². The third-order valence-corrected chi connectivity index (χ3v) is 7.38. The molecule has 1 fully saturated rings. The molecule has 1 heterocycles. The van der Waals surface area contributed by atoms with Crippen molar-refractivity contribution in [1.82, 2.24) is 5.32 Å². The van der Waals surface area contributed by atoms with Gasteiger partial charge in [0.25, 0.3) is 5.91 Å². The van der Waals surface area contributed by atoms with Crippen LogP contribution < -0.4 is 19.5 Å². The van der Waals surface area contributed by atoms with Gasteiger partial charge in [-0.05, 0) is 76.1 Å². The number of nitrogens with one attached hydrogen (secondary N) is 1. The first-order valence-electron chi connectivity index (χ1n) is 11.4. The van der Waals surface area contributed by atoms with Crippen LogP contribution in [0.3, 0.4) is 0 Å². The van der Waals surface area contributed by atoms with Gasteiger partial charge in [0.2, 0.25) is 0 Å². The van der Waals surface area contributed by atoms with Crippen molar-refractivity contribution in [2.45, 2.75) is 6.61 Å². The van der Waals surface area contributed by atoms with Gasteiger partial charge in [-0.25, -0.2) is 4.99 Å². The predicted octanol–water partition coefficient (Wildman–Crippen LogP) is 7.09. The van der Waals surface area contributed by atoms with Gasteiger partial charge in [-0.15, -0.1) is 0 Å². The molecule has 6 nitrogen and oxygen atoms in total. The van der Waals surface area contributed by atoms with E-state index in [-0.39, 0.29) is 5.91 Å². The molecule has 0 aromatic heterocycles. The highest BCUT2D eigenvalue weighted by molar-refractivity contribution is 9.10. The van der Waals surface area contributed by atoms with Crippen molar-refractivity contribution < 1.29 is 19.0 Å². The summed E-state index contributed by atoms with van der Waals surface area (Å²) < 4.78 is 17.7. The van der Waals surface area contributed by atoms with Gasteiger partial charge in [0.15, 0.2) is 16.7 Å². The van der Waals surface area contributed by atoms with E-state index in [0.29, 0.717) is 28.2 Å². The molecule has 0 atom stereocenters. The Kier molecular flexibility index (Phi) is 7.48. The third kappa shape index (κ3) is 5.65. The van der Waals surface area contributed by atoms with Gasteiger partial charge in [0.1, 0.15) is 12.4 Å². The Hall–Kier alpha value is -3.75. The molecule has 0 radical (unpaired) electrons. The zero-order valence-electron chi connectivity index (χ0n) is 20.2. The molecular weight excluding hydrogens is 552 g/mol. The van der Waals surface area contributed by atoms with Crippen molar-refractivity contribution in [3.05, 3.63) is 99.4 Å². The molecule has 0 saturated carbocycles. The van der Waals surface area contributed by atoms with Crippen LogP contribution >= 0.6 is 27.7 Å². The van der Waals surface area contributed by atoms with Crippen molar-refractivity contribution in [2.24, 2.45) is 4.99 Å². The van der Waals surface area contributed by atoms with Crippen molar-refractivity contribution in [3.63, 3.8) is 0 Å². The third-order valence-electron chi connectivity index (χ3n) is 5.79. The molecule has 5 rings (SSSR count). The van der Waals surface area contributed by atoms with E-state index < -0.39 is 0 Å². The van der Waals surface area contributed by atoms with Crippen LogP contribution in [0.4, 0.5) is 5.69 Å². The second kappa shape index (κ2) is 11.1. The predicted molar refractivity (Wildman–Crippen MR) is 153 cm³/mol. The first kappa shape index (κ1) is 24.9. The van der Waals surface area contributed by atoms with Crippen LogP contribution in [0.25, 0.3) is 16.8 Å². The summed E-state index contributed by atoms with van der Waals surface area (Å²) in [5.41, 5.74) is 2.60. The lowest BCUT2D eigenvalue weighted by molar-refractivity contribution is -0.115. The highest BCUT2D eigenvalue weighted by Gasteiger charge is 2.24. The molecule has 1 N–H and O–H groups in total. The number of amides is 1. The van der Waals surface area contributed by atoms with Gasteiger partial charge in [-0.1, -0.05) is 58.4 Å². The number of benzene rings is 4. The highest BCUT2D eigenvalue weighted by Crippen LogP contribution is 2.37. The van der Waals surface area contributed by atoms with E-state index in [2.05, 4.69) is 50.5 Å². The van der Waals surface area contributed by atoms with Crippen LogP contribution in [0.1, 0.15) is 11.1 Å². The monoisotopic (exact) mass is 574 g/mol. The molecule has 0 aliphatic carbocycles. The topological polar surface area (TPSA) is 69.2 Å². The number of fused-ring (bicyclic) bond motifs is 1. The Morgan fingerprint density at radius 1 is 0.946 bits per heavy atom. The SMILES string of the molecule is COc1ccc(N=C2NC(=O)C(=Cc3cc(OC)c(OCc4cccc5ccccc45)cc3Br)S2)cc1. The summed E-state index contributed by atoms with van der Waals surface area (Å²) in [5.74, 6) is 1.72. The molecule has 4 aromatic carbocycles. The molecule has 1 saturated heterocycles. The standard InChI is InChI=1S/C29H23BrN2O4S/c1-34-22-12-10-21(11-13-22)31-29-32-28(33)27(37-29)15-20-14-25(35-2)26(16-24(20)30)36-17-19-8-5-7-18-6-3-4-9-23(18)19/h3-16H,17H2,1-2H3,(H,31,32,33). The quantitative estimate of drug-likeness (QED) is 0.238. The Labute approximate surface area is 227 Å². The Balaban J connectivity index is 1.35. The van der Waals surface area contributed by atoms with Gasteiger partial charge in [0.05, 0.1) is 24.8 Å². The zero-order valence-corrected chi connectivity index (χ0v) is 22.6. The Morgan fingerprint density at radius 3 is 2.51 bits per heavy atom. The summed E-state index contributed by atoms with van der Waals surface area (Å²) in [6.45, 7) is 0.397. The van der Waals surface area contributed by atoms with Gasteiger partial charge in [-0.2, -0.15) is 0 Å². The summed E-state index contributed by atoms with van der Waals surface area (Å²) in [7, 11) is 3.21. The van der Waals surface area contributed by atoms with E-state index in [1.165, 1.54) is 17.1 Å². The second-order valence-corrected chi connectivity index (χ2v) is 10.0.